The number of nitrogens with zero attached hydrogens (tertiary/aromatic N) is 10. The van der Waals surface area contributed by atoms with Gasteiger partial charge in [0, 0.05) is 88.3 Å². The number of aromatic amines is 1. The molecule has 1 saturated heterocycles. The number of rotatable bonds is 18. The fraction of sp³-hybridized carbons (Fsp3) is 0.333. The summed E-state index contributed by atoms with van der Waals surface area (Å²) < 4.78 is 68.8. The van der Waals surface area contributed by atoms with E-state index in [1.807, 2.05) is 24.8 Å². The molecule has 3 N–H and O–H groups in total. The van der Waals surface area contributed by atoms with Crippen molar-refractivity contribution in [1.82, 2.24) is 39.9 Å². The van der Waals surface area contributed by atoms with Gasteiger partial charge in [0.15, 0.2) is 22.9 Å². The molecule has 6 aromatic rings. The Morgan fingerprint density at radius 2 is 1.91 bits per heavy atom. The van der Waals surface area contributed by atoms with Gasteiger partial charge in [-0.15, -0.1) is 0 Å². The summed E-state index contributed by atoms with van der Waals surface area (Å²) in [6, 6.07) is 13.9. The number of halogens is 2. The van der Waals surface area contributed by atoms with E-state index in [0.717, 1.165) is 17.3 Å². The first kappa shape index (κ1) is 46.1. The van der Waals surface area contributed by atoms with Crippen LogP contribution in [0.5, 0.6) is 5.75 Å². The molecule has 20 heteroatoms. The van der Waals surface area contributed by atoms with Gasteiger partial charge in [0.25, 0.3) is 0 Å². The van der Waals surface area contributed by atoms with E-state index in [4.69, 9.17) is 4.74 Å². The standard InChI is InChI=1S/C45H53F2N13O4S/c1-29(2)64-42-40(32-22-53-54-23-32)52-27-60(49-7)44(42)51-26-50-37-14-12-34(21-36(37)46)65(62,63)33-11-9-10-31(20-33)24-59-19-18-57(25-45(59,4)5)38-15-13-35-41(39(38)47)56(8)55-43(35)58(28-61)17-16-30(3)48-6/h9-15,20-23,27-29,48,50H,3,7,16-19,24-26H2,1-2,4-6,8H3,(H,53,54)/b51-44-. The molecule has 7 rings (SSSR count). The molecule has 0 spiro atoms. The largest absolute Gasteiger partial charge is 0.485 e. The Labute approximate surface area is 376 Å². The summed E-state index contributed by atoms with van der Waals surface area (Å²) in [6.45, 7) is 17.5. The average Bonchev–Trinajstić information content (AvgIpc) is 3.94. The second-order valence-corrected chi connectivity index (χ2v) is 18.4. The van der Waals surface area contributed by atoms with E-state index in [2.05, 4.69) is 73.1 Å². The topological polar surface area (TPSA) is 183 Å². The number of carbonyl (C=O) groups excluding carboxylic acids is 1. The highest BCUT2D eigenvalue weighted by atomic mass is 32.2. The number of carbonyl (C=O) groups is 1. The van der Waals surface area contributed by atoms with Crippen molar-refractivity contribution < 1.29 is 26.7 Å². The lowest BCUT2D eigenvalue weighted by Gasteiger charge is -2.48. The molecule has 1 aliphatic heterocycles. The van der Waals surface area contributed by atoms with E-state index < -0.39 is 27.0 Å². The molecular weight excluding hydrogens is 857 g/mol. The summed E-state index contributed by atoms with van der Waals surface area (Å²) in [6.07, 6.45) is 5.65. The van der Waals surface area contributed by atoms with Gasteiger partial charge in [0.2, 0.25) is 16.2 Å². The summed E-state index contributed by atoms with van der Waals surface area (Å²) in [4.78, 5) is 26.6. The molecule has 1 amide bonds. The number of fused-ring (bicyclic) bond motifs is 1. The molecule has 17 nitrogen and oxygen atoms in total. The molecule has 0 bridgehead atoms. The van der Waals surface area contributed by atoms with Crippen LogP contribution in [0.3, 0.4) is 0 Å². The maximum Gasteiger partial charge on any atom is 0.215 e. The quantitative estimate of drug-likeness (QED) is 0.0713. The second-order valence-electron chi connectivity index (χ2n) is 16.5. The van der Waals surface area contributed by atoms with E-state index in [9.17, 15) is 13.2 Å². The zero-order valence-corrected chi connectivity index (χ0v) is 38.0. The molecule has 0 atom stereocenters. The molecule has 0 saturated carbocycles. The van der Waals surface area contributed by atoms with Gasteiger partial charge in [0.05, 0.1) is 33.5 Å². The van der Waals surface area contributed by atoms with E-state index in [1.165, 1.54) is 38.8 Å². The summed E-state index contributed by atoms with van der Waals surface area (Å²) in [5.74, 6) is -0.516. The number of benzene rings is 3. The highest BCUT2D eigenvalue weighted by molar-refractivity contribution is 7.91. The first-order valence-electron chi connectivity index (χ1n) is 20.9. The van der Waals surface area contributed by atoms with Crippen molar-refractivity contribution in [2.24, 2.45) is 17.1 Å². The van der Waals surface area contributed by atoms with Gasteiger partial charge in [0.1, 0.15) is 30.0 Å². The summed E-state index contributed by atoms with van der Waals surface area (Å²) in [5.41, 5.74) is 3.22. The smallest absolute Gasteiger partial charge is 0.215 e. The SMILES string of the molecule is C=Nn1cnc(-c2cn[nH]c2)c(OC(C)C)/c1=N/CNc1ccc(S(=O)(=O)c2cccc(CN3CCN(c4ccc5c(N(C=O)CCC(=C)NC)nn(C)c5c4F)CC3(C)C)c2)cc1F. The summed E-state index contributed by atoms with van der Waals surface area (Å²) in [7, 11) is -0.701. The Kier molecular flexibility index (Phi) is 13.5. The number of H-pyrrole nitrogens is 1. The van der Waals surface area contributed by atoms with Crippen molar-refractivity contribution in [3.8, 4) is 17.0 Å². The molecule has 65 heavy (non-hydrogen) atoms. The number of aromatic nitrogens is 6. The summed E-state index contributed by atoms with van der Waals surface area (Å²) >= 11 is 0. The number of piperazine rings is 1. The zero-order valence-electron chi connectivity index (χ0n) is 37.2. The minimum atomic E-state index is -4.12. The van der Waals surface area contributed by atoms with Gasteiger partial charge < -0.3 is 20.3 Å². The van der Waals surface area contributed by atoms with Crippen LogP contribution in [0, 0.1) is 11.6 Å². The lowest BCUT2D eigenvalue weighted by Crippen LogP contribution is -2.59. The molecule has 0 aliphatic carbocycles. The van der Waals surface area contributed by atoms with Crippen LogP contribution in [-0.4, -0.2) is 108 Å². The second kappa shape index (κ2) is 19.0. The van der Waals surface area contributed by atoms with Crippen molar-refractivity contribution in [1.29, 1.82) is 0 Å². The number of sulfone groups is 1. The number of hydrogen-bond donors (Lipinski definition) is 3. The predicted octanol–water partition coefficient (Wildman–Crippen LogP) is 5.68. The molecule has 342 valence electrons. The third-order valence-corrected chi connectivity index (χ3v) is 13.0. The van der Waals surface area contributed by atoms with Crippen LogP contribution < -0.4 is 30.7 Å². The van der Waals surface area contributed by atoms with Gasteiger partial charge in [-0.1, -0.05) is 18.7 Å². The van der Waals surface area contributed by atoms with Crippen LogP contribution in [0.1, 0.15) is 39.7 Å². The first-order chi connectivity index (χ1) is 31.1. The predicted molar refractivity (Wildman–Crippen MR) is 246 cm³/mol. The molecule has 3 aromatic heterocycles. The number of anilines is 3. The Morgan fingerprint density at radius 1 is 1.12 bits per heavy atom. The number of hydrogen-bond acceptors (Lipinski definition) is 13. The molecule has 0 unspecified atom stereocenters. The van der Waals surface area contributed by atoms with Crippen LogP contribution in [0.4, 0.5) is 26.0 Å². The van der Waals surface area contributed by atoms with Gasteiger partial charge in [-0.05, 0) is 75.7 Å². The lowest BCUT2D eigenvalue weighted by atomic mass is 9.97. The number of nitrogens with one attached hydrogen (secondary N) is 3. The van der Waals surface area contributed by atoms with Gasteiger partial charge in [-0.3, -0.25) is 24.4 Å². The molecule has 1 fully saturated rings. The lowest BCUT2D eigenvalue weighted by molar-refractivity contribution is -0.107. The Hall–Kier alpha value is -6.93. The maximum absolute atomic E-state index is 16.4. The van der Waals surface area contributed by atoms with Gasteiger partial charge in [-0.2, -0.15) is 15.3 Å². The molecule has 1 aliphatic rings. The molecule has 0 radical (unpaired) electrons. The van der Waals surface area contributed by atoms with E-state index in [1.54, 1.807) is 50.8 Å². The fourth-order valence-corrected chi connectivity index (χ4v) is 9.16. The van der Waals surface area contributed by atoms with Gasteiger partial charge in [-0.25, -0.2) is 31.9 Å². The highest BCUT2D eigenvalue weighted by Gasteiger charge is 2.35. The van der Waals surface area contributed by atoms with E-state index in [0.29, 0.717) is 85.0 Å². The Morgan fingerprint density at radius 3 is 2.58 bits per heavy atom. The van der Waals surface area contributed by atoms with Crippen molar-refractivity contribution >= 4 is 51.1 Å². The van der Waals surface area contributed by atoms with Crippen molar-refractivity contribution in [3.63, 3.8) is 0 Å². The van der Waals surface area contributed by atoms with Crippen molar-refractivity contribution in [2.75, 3.05) is 55.0 Å². The van der Waals surface area contributed by atoms with Crippen LogP contribution >= 0.6 is 0 Å². The van der Waals surface area contributed by atoms with Gasteiger partial charge >= 0.3 is 0 Å². The fourth-order valence-electron chi connectivity index (χ4n) is 7.82. The van der Waals surface area contributed by atoms with Crippen molar-refractivity contribution in [2.45, 2.75) is 62.1 Å². The normalized spacial score (nSPS) is 14.5. The first-order valence-corrected chi connectivity index (χ1v) is 22.4. The Bertz CT molecular complexity index is 2910. The average molecular weight is 910 g/mol. The van der Waals surface area contributed by atoms with Crippen LogP contribution in [0.25, 0.3) is 22.2 Å². The van der Waals surface area contributed by atoms with Crippen LogP contribution in [0.15, 0.2) is 105 Å². The molecule has 3 aromatic carbocycles. The number of ether oxygens (including phenoxy) is 1. The van der Waals surface area contributed by atoms with Crippen LogP contribution in [0.2, 0.25) is 0 Å². The third-order valence-electron chi connectivity index (χ3n) is 11.3. The maximum atomic E-state index is 16.4. The zero-order chi connectivity index (χ0) is 46.6. The third kappa shape index (κ3) is 9.63. The molecule has 4 heterocycles. The summed E-state index contributed by atoms with van der Waals surface area (Å²) in [5, 5.41) is 21.6. The minimum Gasteiger partial charge on any atom is -0.485 e. The molecular formula is C45H53F2N13O4S. The monoisotopic (exact) mass is 909 g/mol. The van der Waals surface area contributed by atoms with E-state index >= 15 is 8.78 Å². The Balaban J connectivity index is 1.04. The number of amides is 1. The van der Waals surface area contributed by atoms with Crippen molar-refractivity contribution in [3.05, 3.63) is 108 Å². The minimum absolute atomic E-state index is 0.0258. The van der Waals surface area contributed by atoms with Crippen LogP contribution in [-0.2, 0) is 28.2 Å². The highest BCUT2D eigenvalue weighted by Crippen LogP contribution is 2.36. The van der Waals surface area contributed by atoms with E-state index in [-0.39, 0.29) is 33.7 Å². The number of aryl methyl sites for hydroxylation is 1.